The summed E-state index contributed by atoms with van der Waals surface area (Å²) >= 11 is 5.96. The normalized spacial score (nSPS) is 16.3. The van der Waals surface area contributed by atoms with Crippen LogP contribution >= 0.6 is 11.6 Å². The SMILES string of the molecule is Cc1cnn([C@H]2CCN(c3cc4nc(C)n(C)c(=O)c4c(-c4ccc(Cl)cc4F)n3)C2)c1. The van der Waals surface area contributed by atoms with E-state index in [4.69, 9.17) is 16.6 Å². The zero-order valence-corrected chi connectivity index (χ0v) is 18.8. The number of fused-ring (bicyclic) bond motifs is 1. The van der Waals surface area contributed by atoms with Crippen molar-refractivity contribution in [3.05, 3.63) is 69.2 Å². The monoisotopic (exact) mass is 452 g/mol. The van der Waals surface area contributed by atoms with Gasteiger partial charge >= 0.3 is 0 Å². The van der Waals surface area contributed by atoms with E-state index < -0.39 is 5.82 Å². The Hall–Kier alpha value is -3.26. The highest BCUT2D eigenvalue weighted by molar-refractivity contribution is 6.30. The molecule has 1 aliphatic heterocycles. The number of benzene rings is 1. The average Bonchev–Trinajstić information content (AvgIpc) is 3.40. The molecule has 4 aromatic rings. The lowest BCUT2D eigenvalue weighted by Crippen LogP contribution is -2.25. The van der Waals surface area contributed by atoms with Crippen LogP contribution in [0.25, 0.3) is 22.2 Å². The zero-order chi connectivity index (χ0) is 22.6. The Morgan fingerprint density at radius 3 is 2.72 bits per heavy atom. The van der Waals surface area contributed by atoms with Crippen LogP contribution in [0.2, 0.25) is 5.02 Å². The molecule has 0 bridgehead atoms. The molecule has 1 aliphatic rings. The van der Waals surface area contributed by atoms with Crippen molar-refractivity contribution in [3.8, 4) is 11.3 Å². The van der Waals surface area contributed by atoms with Crippen LogP contribution in [0.5, 0.6) is 0 Å². The molecule has 164 valence electrons. The van der Waals surface area contributed by atoms with E-state index in [1.165, 1.54) is 10.6 Å². The van der Waals surface area contributed by atoms with Crippen molar-refractivity contribution in [3.63, 3.8) is 0 Å². The van der Waals surface area contributed by atoms with Gasteiger partial charge in [-0.15, -0.1) is 0 Å². The molecule has 4 heterocycles. The highest BCUT2D eigenvalue weighted by Crippen LogP contribution is 2.33. The van der Waals surface area contributed by atoms with E-state index in [0.717, 1.165) is 18.5 Å². The second-order valence-electron chi connectivity index (χ2n) is 8.26. The van der Waals surface area contributed by atoms with Crippen LogP contribution in [0.15, 0.2) is 41.5 Å². The fraction of sp³-hybridized carbons (Fsp3) is 0.304. The summed E-state index contributed by atoms with van der Waals surface area (Å²) in [6.45, 7) is 5.28. The molecule has 3 aromatic heterocycles. The standard InChI is InChI=1S/C23H22ClFN6O/c1-13-10-26-31(11-13)16-6-7-30(12-16)20-9-19-21(23(32)29(3)14(2)27-19)22(28-20)17-5-4-15(24)8-18(17)25/h4-5,8-11,16H,6-7,12H2,1-3H3/t16-/m0/s1. The quantitative estimate of drug-likeness (QED) is 0.469. The lowest BCUT2D eigenvalue weighted by Gasteiger charge is -2.20. The predicted octanol–water partition coefficient (Wildman–Crippen LogP) is 4.05. The van der Waals surface area contributed by atoms with Gasteiger partial charge in [0.15, 0.2) is 0 Å². The minimum Gasteiger partial charge on any atom is -0.354 e. The Kier molecular flexibility index (Phi) is 4.97. The molecule has 1 aromatic carbocycles. The van der Waals surface area contributed by atoms with Crippen molar-refractivity contribution in [1.82, 2.24) is 24.3 Å². The van der Waals surface area contributed by atoms with Gasteiger partial charge in [-0.05, 0) is 44.0 Å². The van der Waals surface area contributed by atoms with Gasteiger partial charge in [0.1, 0.15) is 17.5 Å². The maximum atomic E-state index is 14.9. The van der Waals surface area contributed by atoms with Gasteiger partial charge in [0.2, 0.25) is 0 Å². The molecule has 0 unspecified atom stereocenters. The fourth-order valence-corrected chi connectivity index (χ4v) is 4.38. The molecule has 7 nitrogen and oxygen atoms in total. The Morgan fingerprint density at radius 1 is 1.19 bits per heavy atom. The third kappa shape index (κ3) is 3.44. The minimum atomic E-state index is -0.530. The van der Waals surface area contributed by atoms with Crippen LogP contribution in [0, 0.1) is 19.7 Å². The van der Waals surface area contributed by atoms with E-state index in [0.29, 0.717) is 29.1 Å². The van der Waals surface area contributed by atoms with Gasteiger partial charge in [0.25, 0.3) is 5.56 Å². The van der Waals surface area contributed by atoms with Crippen molar-refractivity contribution in [2.24, 2.45) is 7.05 Å². The molecule has 0 aliphatic carbocycles. The fourth-order valence-electron chi connectivity index (χ4n) is 4.22. The molecule has 0 N–H and O–H groups in total. The topological polar surface area (TPSA) is 68.8 Å². The summed E-state index contributed by atoms with van der Waals surface area (Å²) < 4.78 is 18.3. The van der Waals surface area contributed by atoms with Crippen molar-refractivity contribution in [1.29, 1.82) is 0 Å². The van der Waals surface area contributed by atoms with Crippen molar-refractivity contribution < 1.29 is 4.39 Å². The van der Waals surface area contributed by atoms with Crippen LogP contribution in [0.1, 0.15) is 23.9 Å². The molecule has 1 fully saturated rings. The van der Waals surface area contributed by atoms with Crippen LogP contribution in [0.3, 0.4) is 0 Å². The second-order valence-corrected chi connectivity index (χ2v) is 8.69. The Morgan fingerprint density at radius 2 is 2.00 bits per heavy atom. The molecule has 5 rings (SSSR count). The second kappa shape index (κ2) is 7.70. The zero-order valence-electron chi connectivity index (χ0n) is 18.0. The number of hydrogen-bond acceptors (Lipinski definition) is 5. The summed E-state index contributed by atoms with van der Waals surface area (Å²) in [6.07, 6.45) is 4.79. The van der Waals surface area contributed by atoms with Gasteiger partial charge in [0.05, 0.1) is 28.8 Å². The summed E-state index contributed by atoms with van der Waals surface area (Å²) in [4.78, 5) is 24.6. The first-order valence-corrected chi connectivity index (χ1v) is 10.8. The first-order valence-electron chi connectivity index (χ1n) is 10.4. The average molecular weight is 453 g/mol. The molecule has 1 saturated heterocycles. The smallest absolute Gasteiger partial charge is 0.263 e. The van der Waals surface area contributed by atoms with Gasteiger partial charge in [-0.3, -0.25) is 14.0 Å². The van der Waals surface area contributed by atoms with Crippen LogP contribution < -0.4 is 10.5 Å². The van der Waals surface area contributed by atoms with Crippen molar-refractivity contribution in [2.45, 2.75) is 26.3 Å². The van der Waals surface area contributed by atoms with Gasteiger partial charge < -0.3 is 4.90 Å². The highest BCUT2D eigenvalue weighted by Gasteiger charge is 2.27. The first-order chi connectivity index (χ1) is 15.3. The molecule has 0 saturated carbocycles. The molecule has 1 atom stereocenters. The third-order valence-electron chi connectivity index (χ3n) is 6.05. The summed E-state index contributed by atoms with van der Waals surface area (Å²) in [6, 6.07) is 6.42. The van der Waals surface area contributed by atoms with E-state index in [9.17, 15) is 9.18 Å². The van der Waals surface area contributed by atoms with E-state index in [1.807, 2.05) is 30.1 Å². The Bertz CT molecular complexity index is 1410. The van der Waals surface area contributed by atoms with Gasteiger partial charge in [-0.25, -0.2) is 14.4 Å². The summed E-state index contributed by atoms with van der Waals surface area (Å²) in [5, 5.41) is 5.02. The van der Waals surface area contributed by atoms with E-state index >= 15 is 0 Å². The van der Waals surface area contributed by atoms with Crippen LogP contribution in [-0.4, -0.2) is 37.4 Å². The Labute approximate surface area is 189 Å². The number of anilines is 1. The van der Waals surface area contributed by atoms with Gasteiger partial charge in [-0.1, -0.05) is 11.6 Å². The summed E-state index contributed by atoms with van der Waals surface area (Å²) in [5.41, 5.74) is 1.85. The first kappa shape index (κ1) is 20.6. The summed E-state index contributed by atoms with van der Waals surface area (Å²) in [5.74, 6) is 0.708. The highest BCUT2D eigenvalue weighted by atomic mass is 35.5. The summed E-state index contributed by atoms with van der Waals surface area (Å²) in [7, 11) is 1.65. The van der Waals surface area contributed by atoms with Crippen LogP contribution in [-0.2, 0) is 7.05 Å². The number of halogens is 2. The molecule has 0 spiro atoms. The number of pyridine rings is 1. The number of rotatable bonds is 3. The van der Waals surface area contributed by atoms with Crippen LogP contribution in [0.4, 0.5) is 10.2 Å². The number of hydrogen-bond donors (Lipinski definition) is 0. The largest absolute Gasteiger partial charge is 0.354 e. The van der Waals surface area contributed by atoms with E-state index in [1.54, 1.807) is 26.1 Å². The predicted molar refractivity (Wildman–Crippen MR) is 123 cm³/mol. The maximum absolute atomic E-state index is 14.9. The van der Waals surface area contributed by atoms with Gasteiger partial charge in [-0.2, -0.15) is 5.10 Å². The third-order valence-corrected chi connectivity index (χ3v) is 6.28. The molecule has 0 amide bonds. The van der Waals surface area contributed by atoms with Gasteiger partial charge in [0, 0.05) is 43.0 Å². The maximum Gasteiger partial charge on any atom is 0.263 e. The molecular formula is C23H22ClFN6O. The lowest BCUT2D eigenvalue weighted by molar-refractivity contribution is 0.494. The van der Waals surface area contributed by atoms with Crippen molar-refractivity contribution in [2.75, 3.05) is 18.0 Å². The molecule has 0 radical (unpaired) electrons. The van der Waals surface area contributed by atoms with Crippen molar-refractivity contribution >= 4 is 28.3 Å². The van der Waals surface area contributed by atoms with E-state index in [2.05, 4.69) is 15.0 Å². The number of aryl methyl sites for hydroxylation is 2. The number of aromatic nitrogens is 5. The molecule has 32 heavy (non-hydrogen) atoms. The Balaban J connectivity index is 1.66. The lowest BCUT2D eigenvalue weighted by atomic mass is 10.1. The minimum absolute atomic E-state index is 0.218. The van der Waals surface area contributed by atoms with E-state index in [-0.39, 0.29) is 27.9 Å². The molecular weight excluding hydrogens is 431 g/mol. The number of nitrogens with zero attached hydrogens (tertiary/aromatic N) is 6. The molecule has 9 heteroatoms.